The molecule has 0 spiro atoms. The molecule has 2 rings (SSSR count). The van der Waals surface area contributed by atoms with Gasteiger partial charge in [0.1, 0.15) is 0 Å². The van der Waals surface area contributed by atoms with Gasteiger partial charge in [0.05, 0.1) is 0 Å². The van der Waals surface area contributed by atoms with Gasteiger partial charge in [-0.15, -0.1) is 0 Å². The van der Waals surface area contributed by atoms with Crippen molar-refractivity contribution >= 4 is 35.0 Å². The van der Waals surface area contributed by atoms with E-state index in [1.54, 1.807) is 0 Å². The van der Waals surface area contributed by atoms with Crippen LogP contribution in [0.25, 0.3) is 0 Å². The SMILES string of the molecule is CCCNC1CC(C)SCc2c(Cl)cc(Cl)cc21. The van der Waals surface area contributed by atoms with E-state index in [1.807, 2.05) is 17.8 Å². The monoisotopic (exact) mass is 303 g/mol. The van der Waals surface area contributed by atoms with Crippen molar-refractivity contribution in [2.24, 2.45) is 0 Å². The van der Waals surface area contributed by atoms with Crippen molar-refractivity contribution < 1.29 is 0 Å². The molecule has 0 fully saturated rings. The first-order valence-electron chi connectivity index (χ1n) is 6.44. The van der Waals surface area contributed by atoms with E-state index in [0.717, 1.165) is 35.2 Å². The molecule has 1 nitrogen and oxygen atoms in total. The van der Waals surface area contributed by atoms with Crippen LogP contribution in [-0.4, -0.2) is 11.8 Å². The van der Waals surface area contributed by atoms with Crippen LogP contribution < -0.4 is 5.32 Å². The third kappa shape index (κ3) is 3.36. The Hall–Kier alpha value is 0.110. The van der Waals surface area contributed by atoms with Crippen molar-refractivity contribution in [3.8, 4) is 0 Å². The molecule has 0 amide bonds. The lowest BCUT2D eigenvalue weighted by molar-refractivity contribution is 0.500. The van der Waals surface area contributed by atoms with Crippen molar-refractivity contribution in [3.63, 3.8) is 0 Å². The van der Waals surface area contributed by atoms with Gasteiger partial charge in [-0.05, 0) is 42.6 Å². The lowest BCUT2D eigenvalue weighted by Crippen LogP contribution is -2.24. The fourth-order valence-electron chi connectivity index (χ4n) is 2.35. The summed E-state index contributed by atoms with van der Waals surface area (Å²) in [6, 6.07) is 4.31. The maximum atomic E-state index is 6.34. The second kappa shape index (κ2) is 6.51. The molecule has 1 aliphatic rings. The summed E-state index contributed by atoms with van der Waals surface area (Å²) in [5, 5.41) is 5.81. The van der Waals surface area contributed by atoms with Crippen molar-refractivity contribution in [3.05, 3.63) is 33.3 Å². The summed E-state index contributed by atoms with van der Waals surface area (Å²) in [4.78, 5) is 0. The third-order valence-corrected chi connectivity index (χ3v) is 5.06. The van der Waals surface area contributed by atoms with E-state index in [2.05, 4.69) is 25.2 Å². The Morgan fingerprint density at radius 3 is 2.89 bits per heavy atom. The Labute approximate surface area is 124 Å². The predicted octanol–water partition coefficient (Wildman–Crippen LogP) is 5.06. The number of halogens is 2. The Morgan fingerprint density at radius 2 is 2.17 bits per heavy atom. The first-order valence-corrected chi connectivity index (χ1v) is 8.25. The van der Waals surface area contributed by atoms with E-state index in [1.165, 1.54) is 11.1 Å². The first kappa shape index (κ1) is 14.5. The molecule has 0 aromatic heterocycles. The highest BCUT2D eigenvalue weighted by Crippen LogP contribution is 2.39. The Bertz CT molecular complexity index is 423. The summed E-state index contributed by atoms with van der Waals surface area (Å²) in [6.07, 6.45) is 2.27. The normalized spacial score (nSPS) is 23.6. The Kier molecular flexibility index (Phi) is 5.25. The molecule has 0 bridgehead atoms. The zero-order valence-electron chi connectivity index (χ0n) is 10.8. The van der Waals surface area contributed by atoms with Crippen molar-refractivity contribution in [2.45, 2.75) is 43.7 Å². The highest BCUT2D eigenvalue weighted by Gasteiger charge is 2.24. The zero-order valence-corrected chi connectivity index (χ0v) is 13.1. The smallest absolute Gasteiger partial charge is 0.0464 e. The molecule has 0 saturated carbocycles. The van der Waals surface area contributed by atoms with Gasteiger partial charge in [0, 0.05) is 27.1 Å². The predicted molar refractivity (Wildman–Crippen MR) is 82.9 cm³/mol. The average molecular weight is 304 g/mol. The lowest BCUT2D eigenvalue weighted by atomic mass is 9.97. The quantitative estimate of drug-likeness (QED) is 0.837. The van der Waals surface area contributed by atoms with E-state index >= 15 is 0 Å². The second-order valence-electron chi connectivity index (χ2n) is 4.82. The Morgan fingerprint density at radius 1 is 1.39 bits per heavy atom. The van der Waals surface area contributed by atoms with E-state index in [-0.39, 0.29) is 0 Å². The van der Waals surface area contributed by atoms with Gasteiger partial charge in [-0.1, -0.05) is 37.0 Å². The van der Waals surface area contributed by atoms with Gasteiger partial charge in [0.25, 0.3) is 0 Å². The van der Waals surface area contributed by atoms with Gasteiger partial charge >= 0.3 is 0 Å². The number of fused-ring (bicyclic) bond motifs is 1. The van der Waals surface area contributed by atoms with Gasteiger partial charge in [-0.2, -0.15) is 11.8 Å². The van der Waals surface area contributed by atoms with Crippen molar-refractivity contribution in [1.29, 1.82) is 0 Å². The van der Waals surface area contributed by atoms with Crippen LogP contribution >= 0.6 is 35.0 Å². The highest BCUT2D eigenvalue weighted by atomic mass is 35.5. The van der Waals surface area contributed by atoms with Gasteiger partial charge in [0.15, 0.2) is 0 Å². The molecular formula is C14H19Cl2NS. The second-order valence-corrected chi connectivity index (χ2v) is 7.09. The third-order valence-electron chi connectivity index (χ3n) is 3.29. The molecule has 2 atom stereocenters. The van der Waals surface area contributed by atoms with Crippen molar-refractivity contribution in [2.75, 3.05) is 6.54 Å². The van der Waals surface area contributed by atoms with Gasteiger partial charge in [-0.25, -0.2) is 0 Å². The minimum Gasteiger partial charge on any atom is -0.310 e. The van der Waals surface area contributed by atoms with Crippen LogP contribution in [0.4, 0.5) is 0 Å². The number of hydrogen-bond donors (Lipinski definition) is 1. The van der Waals surface area contributed by atoms with Crippen LogP contribution in [0.1, 0.15) is 43.9 Å². The van der Waals surface area contributed by atoms with E-state index < -0.39 is 0 Å². The van der Waals surface area contributed by atoms with Gasteiger partial charge < -0.3 is 5.32 Å². The standard InChI is InChI=1S/C14H19Cl2NS/c1-3-4-17-14-5-9(2)18-8-12-11(14)6-10(15)7-13(12)16/h6-7,9,14,17H,3-5,8H2,1-2H3. The van der Waals surface area contributed by atoms with Crippen LogP contribution in [0.3, 0.4) is 0 Å². The molecular weight excluding hydrogens is 285 g/mol. The fraction of sp³-hybridized carbons (Fsp3) is 0.571. The molecule has 18 heavy (non-hydrogen) atoms. The van der Waals surface area contributed by atoms with E-state index in [0.29, 0.717) is 11.3 Å². The highest BCUT2D eigenvalue weighted by molar-refractivity contribution is 7.99. The van der Waals surface area contributed by atoms with Crippen LogP contribution in [0, 0.1) is 0 Å². The topological polar surface area (TPSA) is 12.0 Å². The average Bonchev–Trinajstić information content (AvgIpc) is 2.47. The van der Waals surface area contributed by atoms with Gasteiger partial charge in [0.2, 0.25) is 0 Å². The summed E-state index contributed by atoms with van der Waals surface area (Å²) in [5.41, 5.74) is 2.54. The largest absolute Gasteiger partial charge is 0.310 e. The van der Waals surface area contributed by atoms with Crippen LogP contribution in [-0.2, 0) is 5.75 Å². The van der Waals surface area contributed by atoms with Gasteiger partial charge in [-0.3, -0.25) is 0 Å². The molecule has 1 aromatic carbocycles. The summed E-state index contributed by atoms with van der Waals surface area (Å²) < 4.78 is 0. The number of nitrogens with one attached hydrogen (secondary N) is 1. The molecule has 0 aliphatic carbocycles. The Balaban J connectivity index is 2.36. The van der Waals surface area contributed by atoms with Crippen LogP contribution in [0.2, 0.25) is 10.0 Å². The summed E-state index contributed by atoms with van der Waals surface area (Å²) in [7, 11) is 0. The van der Waals surface area contributed by atoms with Crippen LogP contribution in [0.5, 0.6) is 0 Å². The molecule has 0 saturated heterocycles. The van der Waals surface area contributed by atoms with E-state index in [9.17, 15) is 0 Å². The molecule has 2 unspecified atom stereocenters. The summed E-state index contributed by atoms with van der Waals surface area (Å²) in [6.45, 7) is 5.51. The molecule has 1 heterocycles. The molecule has 0 radical (unpaired) electrons. The summed E-state index contributed by atoms with van der Waals surface area (Å²) >= 11 is 14.5. The molecule has 100 valence electrons. The molecule has 1 aromatic rings. The number of hydrogen-bond acceptors (Lipinski definition) is 2. The zero-order chi connectivity index (χ0) is 13.1. The first-order chi connectivity index (χ1) is 8.61. The van der Waals surface area contributed by atoms with E-state index in [4.69, 9.17) is 23.2 Å². The van der Waals surface area contributed by atoms with Crippen molar-refractivity contribution in [1.82, 2.24) is 5.32 Å². The number of rotatable bonds is 3. The minimum atomic E-state index is 0.376. The fourth-order valence-corrected chi connectivity index (χ4v) is 4.11. The minimum absolute atomic E-state index is 0.376. The van der Waals surface area contributed by atoms with Crippen LogP contribution in [0.15, 0.2) is 12.1 Å². The number of benzene rings is 1. The number of thioether (sulfide) groups is 1. The molecule has 4 heteroatoms. The summed E-state index contributed by atoms with van der Waals surface area (Å²) in [5.74, 6) is 0.983. The molecule has 1 N–H and O–H groups in total. The lowest BCUT2D eigenvalue weighted by Gasteiger charge is -2.21. The maximum Gasteiger partial charge on any atom is 0.0464 e. The molecule has 1 aliphatic heterocycles. The maximum absolute atomic E-state index is 6.34.